The van der Waals surface area contributed by atoms with Gasteiger partial charge in [-0.1, -0.05) is 0 Å². The Morgan fingerprint density at radius 2 is 2.12 bits per heavy atom. The predicted octanol–water partition coefficient (Wildman–Crippen LogP) is 1.29. The molecule has 142 valence electrons. The summed E-state index contributed by atoms with van der Waals surface area (Å²) < 4.78 is 7.49. The molecule has 1 saturated heterocycles. The van der Waals surface area contributed by atoms with Crippen LogP contribution >= 0.6 is 0 Å². The minimum atomic E-state index is 0.240. The summed E-state index contributed by atoms with van der Waals surface area (Å²) in [4.78, 5) is 13.4. The zero-order chi connectivity index (χ0) is 18.7. The molecule has 2 aromatic rings. The van der Waals surface area contributed by atoms with Gasteiger partial charge in [-0.05, 0) is 33.5 Å². The van der Waals surface area contributed by atoms with Gasteiger partial charge < -0.3 is 19.9 Å². The Kier molecular flexibility index (Phi) is 5.73. The Labute approximate surface area is 155 Å². The summed E-state index contributed by atoms with van der Waals surface area (Å²) in [5, 5.41) is 7.76. The summed E-state index contributed by atoms with van der Waals surface area (Å²) in [6.07, 6.45) is 2.87. The SMILES string of the molecule is CO[C@H]1C[C@@H](CN(C)C)N(c2cc(NCc3cc(C)nn3C)ncn2)C1. The van der Waals surface area contributed by atoms with E-state index in [0.717, 1.165) is 42.5 Å². The fourth-order valence-electron chi connectivity index (χ4n) is 3.53. The topological polar surface area (TPSA) is 71.3 Å². The lowest BCUT2D eigenvalue weighted by atomic mass is 10.2. The maximum absolute atomic E-state index is 5.60. The van der Waals surface area contributed by atoms with Gasteiger partial charge in [-0.15, -0.1) is 0 Å². The van der Waals surface area contributed by atoms with Gasteiger partial charge >= 0.3 is 0 Å². The highest BCUT2D eigenvalue weighted by Crippen LogP contribution is 2.27. The molecule has 2 atom stereocenters. The number of nitrogens with zero attached hydrogens (tertiary/aromatic N) is 6. The van der Waals surface area contributed by atoms with E-state index in [1.807, 2.05) is 24.7 Å². The van der Waals surface area contributed by atoms with E-state index in [1.165, 1.54) is 0 Å². The van der Waals surface area contributed by atoms with Crippen LogP contribution in [0.2, 0.25) is 0 Å². The summed E-state index contributed by atoms with van der Waals surface area (Å²) in [5.74, 6) is 1.76. The molecule has 0 aromatic carbocycles. The second-order valence-electron chi connectivity index (χ2n) is 7.18. The minimum absolute atomic E-state index is 0.240. The third kappa shape index (κ3) is 4.31. The van der Waals surface area contributed by atoms with E-state index in [1.54, 1.807) is 13.4 Å². The standard InChI is InChI=1S/C18H29N7O/c1-13-6-14(24(4)22-13)9-19-17-8-18(21-12-20-17)25-11-16(26-5)7-15(25)10-23(2)3/h6,8,12,15-16H,7,9-11H2,1-5H3,(H,19,20,21)/t15-,16-/m0/s1. The molecule has 8 nitrogen and oxygen atoms in total. The van der Waals surface area contributed by atoms with Crippen LogP contribution < -0.4 is 10.2 Å². The number of rotatable bonds is 7. The van der Waals surface area contributed by atoms with E-state index in [2.05, 4.69) is 50.3 Å². The quantitative estimate of drug-likeness (QED) is 0.798. The monoisotopic (exact) mass is 359 g/mol. The van der Waals surface area contributed by atoms with Crippen LogP contribution in [0.15, 0.2) is 18.5 Å². The Morgan fingerprint density at radius 1 is 1.31 bits per heavy atom. The van der Waals surface area contributed by atoms with Gasteiger partial charge in [-0.3, -0.25) is 4.68 Å². The van der Waals surface area contributed by atoms with Crippen LogP contribution in [0.1, 0.15) is 17.8 Å². The molecule has 3 rings (SSSR count). The van der Waals surface area contributed by atoms with Crippen molar-refractivity contribution in [2.45, 2.75) is 32.0 Å². The maximum atomic E-state index is 5.60. The van der Waals surface area contributed by atoms with Crippen molar-refractivity contribution in [3.63, 3.8) is 0 Å². The molecule has 1 N–H and O–H groups in total. The summed E-state index contributed by atoms with van der Waals surface area (Å²) in [6, 6.07) is 4.48. The Balaban J connectivity index is 1.72. The van der Waals surface area contributed by atoms with Gasteiger partial charge in [0.1, 0.15) is 18.0 Å². The molecule has 0 radical (unpaired) electrons. The number of ether oxygens (including phenoxy) is 1. The lowest BCUT2D eigenvalue weighted by molar-refractivity contribution is 0.117. The van der Waals surface area contributed by atoms with Gasteiger partial charge in [-0.25, -0.2) is 9.97 Å². The smallest absolute Gasteiger partial charge is 0.134 e. The van der Waals surface area contributed by atoms with Gasteiger partial charge in [0.25, 0.3) is 0 Å². The molecular weight excluding hydrogens is 330 g/mol. The van der Waals surface area contributed by atoms with Crippen molar-refractivity contribution in [1.82, 2.24) is 24.6 Å². The largest absolute Gasteiger partial charge is 0.380 e. The molecule has 1 fully saturated rings. The van der Waals surface area contributed by atoms with E-state index in [4.69, 9.17) is 4.74 Å². The molecule has 0 bridgehead atoms. The zero-order valence-corrected chi connectivity index (χ0v) is 16.3. The Morgan fingerprint density at radius 3 is 2.77 bits per heavy atom. The fourth-order valence-corrected chi connectivity index (χ4v) is 3.53. The fraction of sp³-hybridized carbons (Fsp3) is 0.611. The number of nitrogens with one attached hydrogen (secondary N) is 1. The molecule has 8 heteroatoms. The number of aryl methyl sites for hydroxylation is 2. The average molecular weight is 359 g/mol. The van der Waals surface area contributed by atoms with Gasteiger partial charge in [-0.2, -0.15) is 5.10 Å². The third-order valence-electron chi connectivity index (χ3n) is 4.78. The maximum Gasteiger partial charge on any atom is 0.134 e. The highest BCUT2D eigenvalue weighted by molar-refractivity contribution is 5.50. The van der Waals surface area contributed by atoms with E-state index < -0.39 is 0 Å². The lowest BCUT2D eigenvalue weighted by Gasteiger charge is -2.27. The van der Waals surface area contributed by atoms with Crippen LogP contribution in [0.25, 0.3) is 0 Å². The van der Waals surface area contributed by atoms with Gasteiger partial charge in [0.05, 0.1) is 24.0 Å². The van der Waals surface area contributed by atoms with Crippen LogP contribution in [-0.4, -0.2) is 71.1 Å². The highest BCUT2D eigenvalue weighted by atomic mass is 16.5. The zero-order valence-electron chi connectivity index (χ0n) is 16.3. The number of methoxy groups -OCH3 is 1. The number of hydrogen-bond acceptors (Lipinski definition) is 7. The molecule has 0 saturated carbocycles. The normalized spacial score (nSPS) is 20.2. The molecular formula is C18H29N7O. The van der Waals surface area contributed by atoms with Crippen LogP contribution in [0, 0.1) is 6.92 Å². The first-order valence-electron chi connectivity index (χ1n) is 8.96. The number of aromatic nitrogens is 4. The highest BCUT2D eigenvalue weighted by Gasteiger charge is 2.33. The van der Waals surface area contributed by atoms with E-state index in [9.17, 15) is 0 Å². The van der Waals surface area contributed by atoms with Crippen molar-refractivity contribution in [3.05, 3.63) is 29.8 Å². The molecule has 2 aromatic heterocycles. The number of anilines is 2. The molecule has 3 heterocycles. The molecule has 1 aliphatic rings. The Bertz CT molecular complexity index is 730. The van der Waals surface area contributed by atoms with Gasteiger partial charge in [0.2, 0.25) is 0 Å². The van der Waals surface area contributed by atoms with Crippen LogP contribution in [-0.2, 0) is 18.3 Å². The van der Waals surface area contributed by atoms with Crippen molar-refractivity contribution in [2.24, 2.45) is 7.05 Å². The molecule has 0 unspecified atom stereocenters. The van der Waals surface area contributed by atoms with Crippen LogP contribution in [0.4, 0.5) is 11.6 Å². The van der Waals surface area contributed by atoms with Crippen molar-refractivity contribution in [3.8, 4) is 0 Å². The molecule has 1 aliphatic heterocycles. The van der Waals surface area contributed by atoms with E-state index in [-0.39, 0.29) is 6.10 Å². The first kappa shape index (κ1) is 18.6. The summed E-state index contributed by atoms with van der Waals surface area (Å²) in [7, 11) is 7.93. The van der Waals surface area contributed by atoms with Crippen molar-refractivity contribution in [1.29, 1.82) is 0 Å². The molecule has 0 amide bonds. The first-order chi connectivity index (χ1) is 12.5. The first-order valence-corrected chi connectivity index (χ1v) is 8.96. The molecule has 0 spiro atoms. The Hall–Kier alpha value is -2.19. The van der Waals surface area contributed by atoms with Crippen molar-refractivity contribution in [2.75, 3.05) is 44.5 Å². The predicted molar refractivity (Wildman–Crippen MR) is 102 cm³/mol. The molecule has 0 aliphatic carbocycles. The number of likely N-dealkylation sites (N-methyl/N-ethyl adjacent to an activating group) is 1. The average Bonchev–Trinajstić information content (AvgIpc) is 3.15. The lowest BCUT2D eigenvalue weighted by Crippen LogP contribution is -2.38. The van der Waals surface area contributed by atoms with Crippen molar-refractivity contribution >= 4 is 11.6 Å². The summed E-state index contributed by atoms with van der Waals surface area (Å²) >= 11 is 0. The minimum Gasteiger partial charge on any atom is -0.380 e. The van der Waals surface area contributed by atoms with Crippen LogP contribution in [0.3, 0.4) is 0 Å². The van der Waals surface area contributed by atoms with E-state index >= 15 is 0 Å². The second kappa shape index (κ2) is 8.01. The van der Waals surface area contributed by atoms with Crippen LogP contribution in [0.5, 0.6) is 0 Å². The van der Waals surface area contributed by atoms with Gasteiger partial charge in [0.15, 0.2) is 0 Å². The van der Waals surface area contributed by atoms with Crippen molar-refractivity contribution < 1.29 is 4.74 Å². The molecule has 26 heavy (non-hydrogen) atoms. The second-order valence-corrected chi connectivity index (χ2v) is 7.18. The van der Waals surface area contributed by atoms with Gasteiger partial charge in [0, 0.05) is 39.4 Å². The summed E-state index contributed by atoms with van der Waals surface area (Å²) in [6.45, 7) is 4.50. The number of hydrogen-bond donors (Lipinski definition) is 1. The third-order valence-corrected chi connectivity index (χ3v) is 4.78. The van der Waals surface area contributed by atoms with E-state index in [0.29, 0.717) is 12.6 Å². The summed E-state index contributed by atoms with van der Waals surface area (Å²) in [5.41, 5.74) is 2.13.